The maximum absolute atomic E-state index is 11.2. The fourth-order valence-electron chi connectivity index (χ4n) is 1.25. The third-order valence-corrected chi connectivity index (χ3v) is 2.39. The second-order valence-electron chi connectivity index (χ2n) is 2.82. The summed E-state index contributed by atoms with van der Waals surface area (Å²) >= 11 is 3.27. The van der Waals surface area contributed by atoms with Gasteiger partial charge in [-0.1, -0.05) is 0 Å². The Labute approximate surface area is 85.3 Å². The Hall–Kier alpha value is -1.14. The van der Waals surface area contributed by atoms with E-state index in [1.54, 1.807) is 12.1 Å². The van der Waals surface area contributed by atoms with E-state index in [9.17, 15) is 4.79 Å². The van der Waals surface area contributed by atoms with Gasteiger partial charge in [0.15, 0.2) is 5.78 Å². The van der Waals surface area contributed by atoms with Crippen LogP contribution in [0.2, 0.25) is 0 Å². The minimum atomic E-state index is 0.00821. The summed E-state index contributed by atoms with van der Waals surface area (Å²) in [5, 5.41) is 8.66. The smallest absolute Gasteiger partial charge is 0.161 e. The van der Waals surface area contributed by atoms with Gasteiger partial charge in [0.1, 0.15) is 0 Å². The number of nitrogens with zero attached hydrogens (tertiary/aromatic N) is 1. The molecule has 0 aliphatic heterocycles. The third-order valence-electron chi connectivity index (χ3n) is 1.77. The van der Waals surface area contributed by atoms with Crippen molar-refractivity contribution in [3.05, 3.63) is 33.3 Å². The Bertz CT molecular complexity index is 381. The molecule has 0 heterocycles. The number of halogens is 1. The topological polar surface area (TPSA) is 40.9 Å². The number of hydrogen-bond acceptors (Lipinski definition) is 2. The number of rotatable bonds is 1. The van der Waals surface area contributed by atoms with Crippen molar-refractivity contribution in [3.63, 3.8) is 0 Å². The molecule has 0 radical (unpaired) electrons. The zero-order chi connectivity index (χ0) is 10.0. The minimum absolute atomic E-state index is 0.00821. The van der Waals surface area contributed by atoms with Gasteiger partial charge in [-0.25, -0.2) is 0 Å². The lowest BCUT2D eigenvalue weighted by molar-refractivity contribution is 0.101. The maximum Gasteiger partial charge on any atom is 0.161 e. The lowest BCUT2D eigenvalue weighted by Crippen LogP contribution is -1.98. The lowest BCUT2D eigenvalue weighted by atomic mass is 10.0. The van der Waals surface area contributed by atoms with Gasteiger partial charge in [-0.15, -0.1) is 0 Å². The van der Waals surface area contributed by atoms with Gasteiger partial charge in [0.2, 0.25) is 0 Å². The standard InChI is InChI=1S/C10H8BrNO/c1-6-3-8(5-12)4-9(11)10(6)7(2)13/h3-4H,1-2H3. The second-order valence-corrected chi connectivity index (χ2v) is 3.67. The highest BCUT2D eigenvalue weighted by Gasteiger charge is 2.09. The summed E-state index contributed by atoms with van der Waals surface area (Å²) < 4.78 is 0.691. The first-order valence-electron chi connectivity index (χ1n) is 3.77. The Kier molecular flexibility index (Phi) is 2.84. The van der Waals surface area contributed by atoms with Gasteiger partial charge in [-0.05, 0) is 47.5 Å². The van der Waals surface area contributed by atoms with Crippen LogP contribution in [-0.2, 0) is 0 Å². The highest BCUT2D eigenvalue weighted by atomic mass is 79.9. The molecule has 0 fully saturated rings. The zero-order valence-corrected chi connectivity index (χ0v) is 8.97. The van der Waals surface area contributed by atoms with Crippen molar-refractivity contribution in [2.24, 2.45) is 0 Å². The van der Waals surface area contributed by atoms with Crippen molar-refractivity contribution in [2.45, 2.75) is 13.8 Å². The van der Waals surface area contributed by atoms with Crippen LogP contribution in [0.15, 0.2) is 16.6 Å². The fourth-order valence-corrected chi connectivity index (χ4v) is 2.09. The molecule has 0 N–H and O–H groups in total. The third kappa shape index (κ3) is 1.96. The summed E-state index contributed by atoms with van der Waals surface area (Å²) in [6.07, 6.45) is 0. The predicted molar refractivity (Wildman–Crippen MR) is 53.6 cm³/mol. The van der Waals surface area contributed by atoms with Crippen molar-refractivity contribution in [1.82, 2.24) is 0 Å². The molecule has 0 aromatic heterocycles. The Balaban J connectivity index is 3.42. The molecule has 0 aliphatic rings. The molecule has 2 nitrogen and oxygen atoms in total. The number of nitriles is 1. The van der Waals surface area contributed by atoms with Gasteiger partial charge in [0.05, 0.1) is 11.6 Å². The zero-order valence-electron chi connectivity index (χ0n) is 7.39. The van der Waals surface area contributed by atoms with E-state index >= 15 is 0 Å². The molecule has 1 rings (SSSR count). The predicted octanol–water partition coefficient (Wildman–Crippen LogP) is 2.83. The number of ketones is 1. The van der Waals surface area contributed by atoms with Gasteiger partial charge in [0.25, 0.3) is 0 Å². The van der Waals surface area contributed by atoms with Gasteiger partial charge in [0, 0.05) is 10.0 Å². The van der Waals surface area contributed by atoms with Gasteiger partial charge in [-0.3, -0.25) is 4.79 Å². The van der Waals surface area contributed by atoms with Crippen molar-refractivity contribution in [2.75, 3.05) is 0 Å². The molecule has 0 bridgehead atoms. The molecule has 0 unspecified atom stereocenters. The summed E-state index contributed by atoms with van der Waals surface area (Å²) in [4.78, 5) is 11.2. The van der Waals surface area contributed by atoms with Crippen molar-refractivity contribution in [3.8, 4) is 6.07 Å². The van der Waals surface area contributed by atoms with Crippen molar-refractivity contribution < 1.29 is 4.79 Å². The van der Waals surface area contributed by atoms with Crippen LogP contribution in [0.3, 0.4) is 0 Å². The van der Waals surface area contributed by atoms with Crippen LogP contribution in [0.1, 0.15) is 28.4 Å². The number of benzene rings is 1. The molecule has 66 valence electrons. The number of Topliss-reactive ketones (excluding diaryl/α,β-unsaturated/α-hetero) is 1. The summed E-state index contributed by atoms with van der Waals surface area (Å²) in [6.45, 7) is 3.33. The molecule has 3 heteroatoms. The van der Waals surface area contributed by atoms with E-state index in [0.29, 0.717) is 15.6 Å². The molecular weight excluding hydrogens is 230 g/mol. The minimum Gasteiger partial charge on any atom is -0.294 e. The van der Waals surface area contributed by atoms with E-state index in [1.807, 2.05) is 13.0 Å². The first-order chi connectivity index (χ1) is 6.06. The molecule has 1 aromatic rings. The van der Waals surface area contributed by atoms with Crippen LogP contribution >= 0.6 is 15.9 Å². The first-order valence-corrected chi connectivity index (χ1v) is 4.56. The molecule has 0 amide bonds. The monoisotopic (exact) mass is 237 g/mol. The van der Waals surface area contributed by atoms with E-state index < -0.39 is 0 Å². The molecule has 0 spiro atoms. The van der Waals surface area contributed by atoms with E-state index in [-0.39, 0.29) is 5.78 Å². The molecule has 1 aromatic carbocycles. The van der Waals surface area contributed by atoms with Crippen LogP contribution in [0.5, 0.6) is 0 Å². The fraction of sp³-hybridized carbons (Fsp3) is 0.200. The first kappa shape index (κ1) is 9.94. The van der Waals surface area contributed by atoms with E-state index in [0.717, 1.165) is 5.56 Å². The summed E-state index contributed by atoms with van der Waals surface area (Å²) in [5.41, 5.74) is 2.05. The van der Waals surface area contributed by atoms with Crippen LogP contribution in [0, 0.1) is 18.3 Å². The van der Waals surface area contributed by atoms with Crippen LogP contribution in [0.25, 0.3) is 0 Å². The molecule has 0 saturated carbocycles. The largest absolute Gasteiger partial charge is 0.294 e. The van der Waals surface area contributed by atoms with E-state index in [1.165, 1.54) is 6.92 Å². The SMILES string of the molecule is CC(=O)c1c(C)cc(C#N)cc1Br. The molecule has 0 saturated heterocycles. The second kappa shape index (κ2) is 3.71. The average molecular weight is 238 g/mol. The normalized spacial score (nSPS) is 9.38. The molecule has 0 atom stereocenters. The number of carbonyl (C=O) groups is 1. The van der Waals surface area contributed by atoms with Crippen LogP contribution in [0.4, 0.5) is 0 Å². The maximum atomic E-state index is 11.2. The number of hydrogen-bond donors (Lipinski definition) is 0. The Morgan fingerprint density at radius 2 is 2.15 bits per heavy atom. The number of carbonyl (C=O) groups excluding carboxylic acids is 1. The van der Waals surface area contributed by atoms with Crippen molar-refractivity contribution in [1.29, 1.82) is 5.26 Å². The van der Waals surface area contributed by atoms with E-state index in [4.69, 9.17) is 5.26 Å². The molecule has 13 heavy (non-hydrogen) atoms. The quantitative estimate of drug-likeness (QED) is 0.706. The molecule has 0 aliphatic carbocycles. The Morgan fingerprint density at radius 3 is 2.54 bits per heavy atom. The average Bonchev–Trinajstić information content (AvgIpc) is 2.02. The van der Waals surface area contributed by atoms with Gasteiger partial charge in [-0.2, -0.15) is 5.26 Å². The lowest BCUT2D eigenvalue weighted by Gasteiger charge is -2.04. The number of aryl methyl sites for hydroxylation is 1. The molecular formula is C10H8BrNO. The highest BCUT2D eigenvalue weighted by molar-refractivity contribution is 9.10. The Morgan fingerprint density at radius 1 is 1.54 bits per heavy atom. The van der Waals surface area contributed by atoms with E-state index in [2.05, 4.69) is 15.9 Å². The van der Waals surface area contributed by atoms with Gasteiger partial charge < -0.3 is 0 Å². The highest BCUT2D eigenvalue weighted by Crippen LogP contribution is 2.22. The summed E-state index contributed by atoms with van der Waals surface area (Å²) in [5.74, 6) is 0.00821. The summed E-state index contributed by atoms with van der Waals surface area (Å²) in [6, 6.07) is 5.40. The van der Waals surface area contributed by atoms with Crippen molar-refractivity contribution >= 4 is 21.7 Å². The van der Waals surface area contributed by atoms with Crippen LogP contribution in [-0.4, -0.2) is 5.78 Å². The summed E-state index contributed by atoms with van der Waals surface area (Å²) in [7, 11) is 0. The van der Waals surface area contributed by atoms with Gasteiger partial charge >= 0.3 is 0 Å². The van der Waals surface area contributed by atoms with Crippen LogP contribution < -0.4 is 0 Å².